The molecule has 1 N–H and O–H groups in total. The first-order chi connectivity index (χ1) is 12.4. The molecule has 0 saturated heterocycles. The Labute approximate surface area is 168 Å². The maximum atomic E-state index is 12.1. The standard InChI is InChI=1S/C17H15Cl2N3O2S2/c1-10(13-3-2-11(18)6-14(13)19)20-15(23)9-25-8-12-7-16(24)22-4-5-26-17(22)21-12/h2-7,10H,8-9H2,1H3,(H,20,23). The van der Waals surface area contributed by atoms with Crippen LogP contribution in [0, 0.1) is 0 Å². The summed E-state index contributed by atoms with van der Waals surface area (Å²) in [6.07, 6.45) is 1.70. The van der Waals surface area contributed by atoms with Crippen LogP contribution in [0.3, 0.4) is 0 Å². The van der Waals surface area contributed by atoms with E-state index in [1.165, 1.54) is 33.6 Å². The maximum absolute atomic E-state index is 12.1. The number of nitrogens with zero attached hydrogens (tertiary/aromatic N) is 2. The second-order valence-corrected chi connectivity index (χ2v) is 8.29. The molecule has 0 bridgehead atoms. The highest BCUT2D eigenvalue weighted by molar-refractivity contribution is 7.99. The van der Waals surface area contributed by atoms with Crippen LogP contribution >= 0.6 is 46.3 Å². The first-order valence-corrected chi connectivity index (χ1v) is 10.5. The molecule has 9 heteroatoms. The minimum absolute atomic E-state index is 0.109. The van der Waals surface area contributed by atoms with Crippen LogP contribution in [-0.2, 0) is 10.5 Å². The van der Waals surface area contributed by atoms with Gasteiger partial charge in [0.05, 0.1) is 17.5 Å². The van der Waals surface area contributed by atoms with E-state index in [2.05, 4.69) is 10.3 Å². The number of benzene rings is 1. The lowest BCUT2D eigenvalue weighted by Crippen LogP contribution is -2.28. The second-order valence-electron chi connectivity index (χ2n) is 5.59. The number of thiazole rings is 1. The average Bonchev–Trinajstić information content (AvgIpc) is 3.03. The van der Waals surface area contributed by atoms with E-state index < -0.39 is 0 Å². The average molecular weight is 428 g/mol. The van der Waals surface area contributed by atoms with Crippen LogP contribution in [0.25, 0.3) is 4.96 Å². The molecule has 2 heterocycles. The molecule has 1 unspecified atom stereocenters. The number of carbonyl (C=O) groups excluding carboxylic acids is 1. The van der Waals surface area contributed by atoms with Crippen molar-refractivity contribution in [1.29, 1.82) is 0 Å². The van der Waals surface area contributed by atoms with Gasteiger partial charge >= 0.3 is 0 Å². The first-order valence-electron chi connectivity index (χ1n) is 7.72. The van der Waals surface area contributed by atoms with Gasteiger partial charge < -0.3 is 5.32 Å². The monoisotopic (exact) mass is 427 g/mol. The smallest absolute Gasteiger partial charge is 0.258 e. The number of rotatable bonds is 6. The van der Waals surface area contributed by atoms with E-state index in [0.717, 1.165) is 5.56 Å². The molecule has 3 aromatic rings. The minimum Gasteiger partial charge on any atom is -0.349 e. The van der Waals surface area contributed by atoms with Gasteiger partial charge in [-0.05, 0) is 24.6 Å². The Morgan fingerprint density at radius 2 is 2.19 bits per heavy atom. The quantitative estimate of drug-likeness (QED) is 0.640. The molecule has 26 heavy (non-hydrogen) atoms. The van der Waals surface area contributed by atoms with Gasteiger partial charge in [-0.3, -0.25) is 14.0 Å². The predicted octanol–water partition coefficient (Wildman–Crippen LogP) is 4.17. The van der Waals surface area contributed by atoms with Gasteiger partial charge in [-0.25, -0.2) is 4.98 Å². The number of hydrogen-bond donors (Lipinski definition) is 1. The van der Waals surface area contributed by atoms with Gasteiger partial charge in [0.1, 0.15) is 0 Å². The second kappa shape index (κ2) is 8.43. The summed E-state index contributed by atoms with van der Waals surface area (Å²) in [7, 11) is 0. The van der Waals surface area contributed by atoms with Gasteiger partial charge in [-0.1, -0.05) is 29.3 Å². The summed E-state index contributed by atoms with van der Waals surface area (Å²) in [5, 5.41) is 5.80. The van der Waals surface area contributed by atoms with E-state index in [4.69, 9.17) is 23.2 Å². The van der Waals surface area contributed by atoms with Crippen molar-refractivity contribution in [3.63, 3.8) is 0 Å². The lowest BCUT2D eigenvalue weighted by atomic mass is 10.1. The summed E-state index contributed by atoms with van der Waals surface area (Å²) in [5.41, 5.74) is 1.37. The molecule has 0 aliphatic carbocycles. The molecule has 1 aromatic carbocycles. The number of thioether (sulfide) groups is 1. The number of carbonyl (C=O) groups is 1. The molecule has 0 aliphatic heterocycles. The van der Waals surface area contributed by atoms with E-state index in [0.29, 0.717) is 26.5 Å². The third-order valence-electron chi connectivity index (χ3n) is 3.65. The molecule has 1 amide bonds. The third kappa shape index (κ3) is 4.59. The van der Waals surface area contributed by atoms with Crippen LogP contribution < -0.4 is 10.9 Å². The number of halogens is 2. The molecule has 0 spiro atoms. The molecule has 5 nitrogen and oxygen atoms in total. The minimum atomic E-state index is -0.224. The van der Waals surface area contributed by atoms with Gasteiger partial charge in [0.2, 0.25) is 5.91 Å². The van der Waals surface area contributed by atoms with Crippen molar-refractivity contribution in [3.05, 3.63) is 67.5 Å². The molecule has 0 saturated carbocycles. The Morgan fingerprint density at radius 3 is 2.96 bits per heavy atom. The SMILES string of the molecule is CC(NC(=O)CSCc1cc(=O)n2ccsc2n1)c1ccc(Cl)cc1Cl. The van der Waals surface area contributed by atoms with Gasteiger partial charge in [-0.15, -0.1) is 23.1 Å². The maximum Gasteiger partial charge on any atom is 0.258 e. The number of nitrogens with one attached hydrogen (secondary N) is 1. The molecule has 1 atom stereocenters. The molecular weight excluding hydrogens is 413 g/mol. The summed E-state index contributed by atoms with van der Waals surface area (Å²) < 4.78 is 1.50. The van der Waals surface area contributed by atoms with Crippen LogP contribution in [0.2, 0.25) is 10.0 Å². The third-order valence-corrected chi connectivity index (χ3v) is 5.93. The van der Waals surface area contributed by atoms with Crippen molar-refractivity contribution in [2.24, 2.45) is 0 Å². The van der Waals surface area contributed by atoms with Gasteiger partial charge in [0.25, 0.3) is 5.56 Å². The lowest BCUT2D eigenvalue weighted by molar-refractivity contribution is -0.119. The molecule has 2 aromatic heterocycles. The van der Waals surface area contributed by atoms with E-state index >= 15 is 0 Å². The zero-order valence-electron chi connectivity index (χ0n) is 13.7. The lowest BCUT2D eigenvalue weighted by Gasteiger charge is -2.15. The summed E-state index contributed by atoms with van der Waals surface area (Å²) in [6.45, 7) is 1.87. The van der Waals surface area contributed by atoms with Crippen LogP contribution in [-0.4, -0.2) is 21.0 Å². The Balaban J connectivity index is 1.54. The largest absolute Gasteiger partial charge is 0.349 e. The summed E-state index contributed by atoms with van der Waals surface area (Å²) >= 11 is 14.9. The van der Waals surface area contributed by atoms with Crippen molar-refractivity contribution in [3.8, 4) is 0 Å². The van der Waals surface area contributed by atoms with Crippen LogP contribution in [0.15, 0.2) is 40.6 Å². The van der Waals surface area contributed by atoms with Crippen molar-refractivity contribution >= 4 is 57.2 Å². The Bertz CT molecular complexity index is 1000. The highest BCUT2D eigenvalue weighted by Crippen LogP contribution is 2.26. The zero-order chi connectivity index (χ0) is 18.7. The predicted molar refractivity (Wildman–Crippen MR) is 109 cm³/mol. The Kier molecular flexibility index (Phi) is 6.24. The summed E-state index contributed by atoms with van der Waals surface area (Å²) in [5.74, 6) is 0.649. The van der Waals surface area contributed by atoms with Crippen LogP contribution in [0.5, 0.6) is 0 Å². The highest BCUT2D eigenvalue weighted by atomic mass is 35.5. The molecule has 0 aliphatic rings. The summed E-state index contributed by atoms with van der Waals surface area (Å²) in [4.78, 5) is 29.2. The van der Waals surface area contributed by atoms with Crippen molar-refractivity contribution in [2.75, 3.05) is 5.75 Å². The topological polar surface area (TPSA) is 63.5 Å². The number of hydrogen-bond acceptors (Lipinski definition) is 5. The molecular formula is C17H15Cl2N3O2S2. The number of fused-ring (bicyclic) bond motifs is 1. The van der Waals surface area contributed by atoms with Gasteiger partial charge in [-0.2, -0.15) is 0 Å². The van der Waals surface area contributed by atoms with Crippen molar-refractivity contribution in [1.82, 2.24) is 14.7 Å². The first kappa shape index (κ1) is 19.2. The van der Waals surface area contributed by atoms with Gasteiger partial charge in [0.15, 0.2) is 4.96 Å². The normalized spacial score (nSPS) is 12.3. The zero-order valence-corrected chi connectivity index (χ0v) is 16.9. The number of amides is 1. The van der Waals surface area contributed by atoms with Crippen LogP contribution in [0.1, 0.15) is 24.2 Å². The van der Waals surface area contributed by atoms with Crippen molar-refractivity contribution < 1.29 is 4.79 Å². The molecule has 0 fully saturated rings. The summed E-state index contributed by atoms with van der Waals surface area (Å²) in [6, 6.07) is 6.47. The van der Waals surface area contributed by atoms with E-state index in [-0.39, 0.29) is 23.3 Å². The van der Waals surface area contributed by atoms with Gasteiger partial charge in [0, 0.05) is 33.4 Å². The Morgan fingerprint density at radius 1 is 1.38 bits per heavy atom. The fraction of sp³-hybridized carbons (Fsp3) is 0.235. The van der Waals surface area contributed by atoms with Crippen molar-refractivity contribution in [2.45, 2.75) is 18.7 Å². The molecule has 136 valence electrons. The molecule has 3 rings (SSSR count). The fourth-order valence-electron chi connectivity index (χ4n) is 2.42. The highest BCUT2D eigenvalue weighted by Gasteiger charge is 2.13. The van der Waals surface area contributed by atoms with E-state index in [9.17, 15) is 9.59 Å². The fourth-order valence-corrected chi connectivity index (χ4v) is 4.46. The number of aromatic nitrogens is 2. The van der Waals surface area contributed by atoms with E-state index in [1.807, 2.05) is 12.3 Å². The van der Waals surface area contributed by atoms with Crippen LogP contribution in [0.4, 0.5) is 0 Å². The van der Waals surface area contributed by atoms with E-state index in [1.54, 1.807) is 24.4 Å². The molecule has 0 radical (unpaired) electrons. The Hall–Kier alpha value is -1.54.